The standard InChI is InChI=1S/C14H17N3O4/c1-16-12-9(5-3-7-11(12)21-2)17(14(16)20)10(13(15)19)6-4-8-18/h3,5,7-8,10H,4,6H2,1-2H3,(H2,15,19). The topological polar surface area (TPSA) is 96.3 Å². The van der Waals surface area contributed by atoms with Gasteiger partial charge < -0.3 is 15.3 Å². The monoisotopic (exact) mass is 291 g/mol. The van der Waals surface area contributed by atoms with E-state index in [9.17, 15) is 14.4 Å². The van der Waals surface area contributed by atoms with Gasteiger partial charge >= 0.3 is 5.69 Å². The van der Waals surface area contributed by atoms with Gasteiger partial charge in [-0.1, -0.05) is 6.07 Å². The first-order valence-corrected chi connectivity index (χ1v) is 6.49. The van der Waals surface area contributed by atoms with Crippen molar-refractivity contribution < 1.29 is 14.3 Å². The van der Waals surface area contributed by atoms with Gasteiger partial charge in [0, 0.05) is 13.5 Å². The summed E-state index contributed by atoms with van der Waals surface area (Å²) in [5, 5.41) is 0. The summed E-state index contributed by atoms with van der Waals surface area (Å²) in [5.41, 5.74) is 6.16. The van der Waals surface area contributed by atoms with Crippen molar-refractivity contribution in [2.75, 3.05) is 7.11 Å². The zero-order valence-electron chi connectivity index (χ0n) is 11.9. The van der Waals surface area contributed by atoms with Crippen LogP contribution in [0.5, 0.6) is 5.75 Å². The molecule has 2 rings (SSSR count). The summed E-state index contributed by atoms with van der Waals surface area (Å²) in [6, 6.07) is 4.32. The van der Waals surface area contributed by atoms with Crippen LogP contribution in [0.2, 0.25) is 0 Å². The van der Waals surface area contributed by atoms with Gasteiger partial charge in [-0.25, -0.2) is 4.79 Å². The Morgan fingerprint density at radius 1 is 1.48 bits per heavy atom. The van der Waals surface area contributed by atoms with Crippen LogP contribution in [-0.2, 0) is 16.6 Å². The minimum Gasteiger partial charge on any atom is -0.494 e. The van der Waals surface area contributed by atoms with Crippen LogP contribution in [-0.4, -0.2) is 28.4 Å². The molecular formula is C14H17N3O4. The van der Waals surface area contributed by atoms with Crippen molar-refractivity contribution >= 4 is 23.2 Å². The van der Waals surface area contributed by atoms with E-state index in [0.717, 1.165) is 0 Å². The fraction of sp³-hybridized carbons (Fsp3) is 0.357. The van der Waals surface area contributed by atoms with E-state index in [1.165, 1.54) is 16.2 Å². The zero-order valence-corrected chi connectivity index (χ0v) is 11.9. The Morgan fingerprint density at radius 3 is 2.76 bits per heavy atom. The van der Waals surface area contributed by atoms with Gasteiger partial charge in [-0.3, -0.25) is 13.9 Å². The third-order valence-electron chi connectivity index (χ3n) is 3.48. The summed E-state index contributed by atoms with van der Waals surface area (Å²) < 4.78 is 7.98. The number of amides is 1. The Balaban J connectivity index is 2.73. The zero-order chi connectivity index (χ0) is 15.6. The average molecular weight is 291 g/mol. The predicted molar refractivity (Wildman–Crippen MR) is 77.3 cm³/mol. The second-order valence-corrected chi connectivity index (χ2v) is 4.70. The lowest BCUT2D eigenvalue weighted by Gasteiger charge is -2.14. The minimum absolute atomic E-state index is 0.153. The number of aryl methyl sites for hydroxylation is 1. The second-order valence-electron chi connectivity index (χ2n) is 4.70. The number of aromatic nitrogens is 2. The molecule has 0 saturated carbocycles. The van der Waals surface area contributed by atoms with Gasteiger partial charge in [0.2, 0.25) is 5.91 Å². The van der Waals surface area contributed by atoms with Crippen molar-refractivity contribution in [3.63, 3.8) is 0 Å². The number of nitrogens with two attached hydrogens (primary N) is 1. The van der Waals surface area contributed by atoms with E-state index in [1.54, 1.807) is 25.2 Å². The number of ether oxygens (including phenoxy) is 1. The fourth-order valence-corrected chi connectivity index (χ4v) is 2.49. The van der Waals surface area contributed by atoms with E-state index in [-0.39, 0.29) is 18.5 Å². The van der Waals surface area contributed by atoms with Crippen molar-refractivity contribution in [2.24, 2.45) is 12.8 Å². The second kappa shape index (κ2) is 5.82. The van der Waals surface area contributed by atoms with Crippen molar-refractivity contribution in [1.82, 2.24) is 9.13 Å². The number of carbonyl (C=O) groups excluding carboxylic acids is 2. The summed E-state index contributed by atoms with van der Waals surface area (Å²) in [6.07, 6.45) is 1.04. The highest BCUT2D eigenvalue weighted by atomic mass is 16.5. The van der Waals surface area contributed by atoms with Gasteiger partial charge in [0.25, 0.3) is 0 Å². The first kappa shape index (κ1) is 14.8. The third-order valence-corrected chi connectivity index (χ3v) is 3.48. The lowest BCUT2D eigenvalue weighted by molar-refractivity contribution is -0.121. The predicted octanol–water partition coefficient (Wildman–Crippen LogP) is 0.354. The van der Waals surface area contributed by atoms with E-state index in [4.69, 9.17) is 10.5 Å². The third kappa shape index (κ3) is 2.42. The number of primary amides is 1. The molecule has 2 N–H and O–H groups in total. The molecule has 2 aromatic rings. The number of para-hydroxylation sites is 1. The molecular weight excluding hydrogens is 274 g/mol. The average Bonchev–Trinajstić information content (AvgIpc) is 2.72. The van der Waals surface area contributed by atoms with Gasteiger partial charge in [-0.2, -0.15) is 0 Å². The van der Waals surface area contributed by atoms with E-state index in [1.807, 2.05) is 0 Å². The normalized spacial score (nSPS) is 12.3. The smallest absolute Gasteiger partial charge is 0.329 e. The number of fused-ring (bicyclic) bond motifs is 1. The van der Waals surface area contributed by atoms with Gasteiger partial charge in [0.1, 0.15) is 23.6 Å². The number of methoxy groups -OCH3 is 1. The molecule has 0 fully saturated rings. The Morgan fingerprint density at radius 2 is 2.19 bits per heavy atom. The van der Waals surface area contributed by atoms with Crippen LogP contribution in [0.1, 0.15) is 18.9 Å². The van der Waals surface area contributed by atoms with Crippen LogP contribution in [0, 0.1) is 0 Å². The number of carbonyl (C=O) groups is 2. The molecule has 0 radical (unpaired) electrons. The molecule has 21 heavy (non-hydrogen) atoms. The first-order chi connectivity index (χ1) is 10.0. The van der Waals surface area contributed by atoms with Gasteiger partial charge in [0.15, 0.2) is 0 Å². The summed E-state index contributed by atoms with van der Waals surface area (Å²) in [4.78, 5) is 34.7. The van der Waals surface area contributed by atoms with E-state index < -0.39 is 11.9 Å². The molecule has 0 aliphatic heterocycles. The number of aldehydes is 1. The molecule has 1 heterocycles. The van der Waals surface area contributed by atoms with Crippen LogP contribution >= 0.6 is 0 Å². The van der Waals surface area contributed by atoms with E-state index >= 15 is 0 Å². The highest BCUT2D eigenvalue weighted by Gasteiger charge is 2.24. The Bertz CT molecular complexity index is 744. The maximum atomic E-state index is 12.4. The van der Waals surface area contributed by atoms with Crippen molar-refractivity contribution in [3.05, 3.63) is 28.7 Å². The van der Waals surface area contributed by atoms with E-state index in [2.05, 4.69) is 0 Å². The number of benzene rings is 1. The van der Waals surface area contributed by atoms with Crippen LogP contribution in [0.15, 0.2) is 23.0 Å². The van der Waals surface area contributed by atoms with Crippen LogP contribution in [0.4, 0.5) is 0 Å². The minimum atomic E-state index is -0.862. The summed E-state index contributed by atoms with van der Waals surface area (Å²) in [5.74, 6) is -0.112. The van der Waals surface area contributed by atoms with Crippen LogP contribution < -0.4 is 16.2 Å². The molecule has 1 amide bonds. The molecule has 112 valence electrons. The molecule has 1 aromatic carbocycles. The SMILES string of the molecule is COc1cccc2c1n(C)c(=O)n2C(CCC=O)C(N)=O. The number of nitrogens with zero attached hydrogens (tertiary/aromatic N) is 2. The molecule has 1 aromatic heterocycles. The van der Waals surface area contributed by atoms with Crippen molar-refractivity contribution in [1.29, 1.82) is 0 Å². The van der Waals surface area contributed by atoms with Crippen molar-refractivity contribution in [3.8, 4) is 5.75 Å². The molecule has 0 saturated heterocycles. The lowest BCUT2D eigenvalue weighted by atomic mass is 10.1. The van der Waals surface area contributed by atoms with Gasteiger partial charge in [-0.05, 0) is 18.6 Å². The maximum Gasteiger partial charge on any atom is 0.329 e. The maximum absolute atomic E-state index is 12.4. The molecule has 1 unspecified atom stereocenters. The first-order valence-electron chi connectivity index (χ1n) is 6.49. The molecule has 0 bridgehead atoms. The van der Waals surface area contributed by atoms with Gasteiger partial charge in [-0.15, -0.1) is 0 Å². The fourth-order valence-electron chi connectivity index (χ4n) is 2.49. The molecule has 7 heteroatoms. The summed E-state index contributed by atoms with van der Waals surface area (Å²) in [6.45, 7) is 0. The largest absolute Gasteiger partial charge is 0.494 e. The number of hydrogen-bond donors (Lipinski definition) is 1. The molecule has 0 spiro atoms. The summed E-state index contributed by atoms with van der Waals surface area (Å²) in [7, 11) is 3.11. The van der Waals surface area contributed by atoms with Crippen LogP contribution in [0.25, 0.3) is 11.0 Å². The quantitative estimate of drug-likeness (QED) is 0.777. The Kier molecular flexibility index (Phi) is 4.11. The Labute approximate surface area is 120 Å². The number of imidazole rings is 1. The highest BCUT2D eigenvalue weighted by Crippen LogP contribution is 2.26. The van der Waals surface area contributed by atoms with Crippen molar-refractivity contribution in [2.45, 2.75) is 18.9 Å². The Hall–Kier alpha value is -2.57. The summed E-state index contributed by atoms with van der Waals surface area (Å²) >= 11 is 0. The number of hydrogen-bond acceptors (Lipinski definition) is 4. The highest BCUT2D eigenvalue weighted by molar-refractivity contribution is 5.86. The number of rotatable bonds is 6. The molecule has 0 aliphatic carbocycles. The molecule has 7 nitrogen and oxygen atoms in total. The molecule has 1 atom stereocenters. The van der Waals surface area contributed by atoms with E-state index in [0.29, 0.717) is 23.1 Å². The lowest BCUT2D eigenvalue weighted by Crippen LogP contribution is -2.34. The van der Waals surface area contributed by atoms with Gasteiger partial charge in [0.05, 0.1) is 12.6 Å². The van der Waals surface area contributed by atoms with Crippen LogP contribution in [0.3, 0.4) is 0 Å². The molecule has 0 aliphatic rings.